The van der Waals surface area contributed by atoms with Crippen LogP contribution in [0, 0.1) is 0 Å². The summed E-state index contributed by atoms with van der Waals surface area (Å²) in [6, 6.07) is -0.550. The summed E-state index contributed by atoms with van der Waals surface area (Å²) in [5.41, 5.74) is 5.02. The van der Waals surface area contributed by atoms with E-state index in [1.54, 1.807) is 6.92 Å². The number of hydrogen-bond donors (Lipinski definition) is 3. The van der Waals surface area contributed by atoms with Gasteiger partial charge in [-0.2, -0.15) is 0 Å². The molecule has 0 aromatic rings. The summed E-state index contributed by atoms with van der Waals surface area (Å²) >= 11 is 0. The van der Waals surface area contributed by atoms with Gasteiger partial charge in [0.25, 0.3) is 5.91 Å². The number of nitrogens with two attached hydrogens (primary N) is 1. The number of nitrogens with one attached hydrogen (secondary N) is 2. The van der Waals surface area contributed by atoms with Gasteiger partial charge < -0.3 is 15.8 Å². The molecule has 94 valence electrons. The van der Waals surface area contributed by atoms with Gasteiger partial charge in [0.15, 0.2) is 0 Å². The van der Waals surface area contributed by atoms with Gasteiger partial charge in [-0.15, -0.1) is 0 Å². The minimum absolute atomic E-state index is 0.321. The van der Waals surface area contributed by atoms with Crippen LogP contribution in [0.1, 0.15) is 27.2 Å². The molecule has 0 radical (unpaired) electrons. The number of carbonyl (C=O) groups excluding carboxylic acids is 2. The summed E-state index contributed by atoms with van der Waals surface area (Å²) in [6.07, 6.45) is -0.0213. The lowest BCUT2D eigenvalue weighted by molar-refractivity contribution is -0.142. The Hall–Kier alpha value is -1.14. The quantitative estimate of drug-likeness (QED) is 0.619. The Morgan fingerprint density at radius 1 is 1.50 bits per heavy atom. The topological polar surface area (TPSA) is 93.4 Å². The molecule has 0 saturated carbocycles. The van der Waals surface area contributed by atoms with Crippen molar-refractivity contribution in [2.45, 2.75) is 38.9 Å². The fraction of sp³-hybridized carbons (Fsp3) is 0.800. The van der Waals surface area contributed by atoms with Crippen LogP contribution < -0.4 is 16.4 Å². The zero-order valence-corrected chi connectivity index (χ0v) is 10.3. The maximum Gasteiger partial charge on any atom is 0.321 e. The SMILES string of the molecule is CCC(C)(CN)OC(C)C(=O)NC(=O)NC. The molecule has 0 aliphatic carbocycles. The standard InChI is InChI=1S/C10H21N3O3/c1-5-10(3,6-11)16-7(2)8(14)13-9(15)12-4/h7H,5-6,11H2,1-4H3,(H2,12,13,14,15). The molecule has 0 fully saturated rings. The number of rotatable bonds is 5. The van der Waals surface area contributed by atoms with E-state index in [2.05, 4.69) is 10.6 Å². The second-order valence-electron chi connectivity index (χ2n) is 3.84. The fourth-order valence-electron chi connectivity index (χ4n) is 1.03. The molecule has 0 spiro atoms. The van der Waals surface area contributed by atoms with Gasteiger partial charge in [0.05, 0.1) is 5.60 Å². The maximum absolute atomic E-state index is 11.5. The van der Waals surface area contributed by atoms with Crippen molar-refractivity contribution >= 4 is 11.9 Å². The van der Waals surface area contributed by atoms with Crippen LogP contribution in [0.2, 0.25) is 0 Å². The summed E-state index contributed by atoms with van der Waals surface area (Å²) in [5.74, 6) is -0.479. The predicted octanol–water partition coefficient (Wildman–Crippen LogP) is -0.0255. The van der Waals surface area contributed by atoms with E-state index in [1.165, 1.54) is 7.05 Å². The number of imide groups is 1. The minimum Gasteiger partial charge on any atom is -0.361 e. The molecule has 2 atom stereocenters. The molecule has 0 rings (SSSR count). The lowest BCUT2D eigenvalue weighted by Crippen LogP contribution is -2.47. The average molecular weight is 231 g/mol. The van der Waals surface area contributed by atoms with Crippen molar-refractivity contribution < 1.29 is 14.3 Å². The van der Waals surface area contributed by atoms with Gasteiger partial charge in [0.2, 0.25) is 0 Å². The summed E-state index contributed by atoms with van der Waals surface area (Å²) in [7, 11) is 1.43. The Bertz CT molecular complexity index is 252. The Morgan fingerprint density at radius 3 is 2.44 bits per heavy atom. The van der Waals surface area contributed by atoms with E-state index < -0.39 is 23.6 Å². The van der Waals surface area contributed by atoms with Crippen LogP contribution >= 0.6 is 0 Å². The van der Waals surface area contributed by atoms with Crippen molar-refractivity contribution in [1.29, 1.82) is 0 Å². The molecular weight excluding hydrogens is 210 g/mol. The Labute approximate surface area is 95.9 Å². The highest BCUT2D eigenvalue weighted by atomic mass is 16.5. The largest absolute Gasteiger partial charge is 0.361 e. The molecule has 0 aliphatic heterocycles. The van der Waals surface area contributed by atoms with E-state index in [1.807, 2.05) is 13.8 Å². The third-order valence-electron chi connectivity index (χ3n) is 2.47. The number of amides is 3. The van der Waals surface area contributed by atoms with Gasteiger partial charge in [-0.1, -0.05) is 6.92 Å². The van der Waals surface area contributed by atoms with Crippen LogP contribution in [0.25, 0.3) is 0 Å². The van der Waals surface area contributed by atoms with Crippen molar-refractivity contribution in [3.8, 4) is 0 Å². The Kier molecular flexibility index (Phi) is 5.98. The number of urea groups is 1. The third-order valence-corrected chi connectivity index (χ3v) is 2.47. The van der Waals surface area contributed by atoms with Gasteiger partial charge in [-0.3, -0.25) is 10.1 Å². The summed E-state index contributed by atoms with van der Waals surface area (Å²) in [4.78, 5) is 22.4. The van der Waals surface area contributed by atoms with Crippen molar-refractivity contribution in [3.63, 3.8) is 0 Å². The first-order valence-corrected chi connectivity index (χ1v) is 5.29. The Balaban J connectivity index is 4.29. The molecule has 0 aromatic carbocycles. The molecule has 0 heterocycles. The molecule has 0 saturated heterocycles. The minimum atomic E-state index is -0.717. The van der Waals surface area contributed by atoms with Gasteiger partial charge in [-0.25, -0.2) is 4.79 Å². The van der Waals surface area contributed by atoms with Crippen molar-refractivity contribution in [3.05, 3.63) is 0 Å². The predicted molar refractivity (Wildman–Crippen MR) is 60.9 cm³/mol. The first-order chi connectivity index (χ1) is 7.38. The van der Waals surface area contributed by atoms with E-state index in [0.29, 0.717) is 13.0 Å². The van der Waals surface area contributed by atoms with Crippen molar-refractivity contribution in [2.24, 2.45) is 5.73 Å². The van der Waals surface area contributed by atoms with E-state index in [0.717, 1.165) is 0 Å². The van der Waals surface area contributed by atoms with Gasteiger partial charge in [0.1, 0.15) is 6.10 Å². The number of carbonyl (C=O) groups is 2. The smallest absolute Gasteiger partial charge is 0.321 e. The van der Waals surface area contributed by atoms with Crippen molar-refractivity contribution in [2.75, 3.05) is 13.6 Å². The fourth-order valence-corrected chi connectivity index (χ4v) is 1.03. The van der Waals surface area contributed by atoms with Gasteiger partial charge in [-0.05, 0) is 20.3 Å². The number of hydrogen-bond acceptors (Lipinski definition) is 4. The molecule has 0 bridgehead atoms. The first kappa shape index (κ1) is 14.9. The van der Waals surface area contributed by atoms with Crippen LogP contribution in [-0.4, -0.2) is 37.2 Å². The number of ether oxygens (including phenoxy) is 1. The van der Waals surface area contributed by atoms with Crippen LogP contribution in [0.5, 0.6) is 0 Å². The highest BCUT2D eigenvalue weighted by molar-refractivity contribution is 5.96. The second kappa shape index (κ2) is 6.44. The monoisotopic (exact) mass is 231 g/mol. The average Bonchev–Trinajstić information content (AvgIpc) is 2.28. The molecule has 6 heteroatoms. The van der Waals surface area contributed by atoms with Crippen molar-refractivity contribution in [1.82, 2.24) is 10.6 Å². The van der Waals surface area contributed by atoms with Crippen LogP contribution in [0.4, 0.5) is 4.79 Å². The summed E-state index contributed by atoms with van der Waals surface area (Å²) in [5, 5.41) is 4.44. The molecule has 0 aromatic heterocycles. The first-order valence-electron chi connectivity index (χ1n) is 5.29. The molecule has 0 aliphatic rings. The highest BCUT2D eigenvalue weighted by Gasteiger charge is 2.27. The molecule has 6 nitrogen and oxygen atoms in total. The maximum atomic E-state index is 11.5. The highest BCUT2D eigenvalue weighted by Crippen LogP contribution is 2.15. The Morgan fingerprint density at radius 2 is 2.06 bits per heavy atom. The second-order valence-corrected chi connectivity index (χ2v) is 3.84. The molecule has 16 heavy (non-hydrogen) atoms. The van der Waals surface area contributed by atoms with Gasteiger partial charge in [0, 0.05) is 13.6 Å². The van der Waals surface area contributed by atoms with Crippen LogP contribution in [0.3, 0.4) is 0 Å². The van der Waals surface area contributed by atoms with E-state index in [-0.39, 0.29) is 0 Å². The third kappa shape index (κ3) is 4.59. The van der Waals surface area contributed by atoms with E-state index in [4.69, 9.17) is 10.5 Å². The summed E-state index contributed by atoms with van der Waals surface area (Å²) in [6.45, 7) is 5.66. The molecule has 4 N–H and O–H groups in total. The van der Waals surface area contributed by atoms with Crippen LogP contribution in [0.15, 0.2) is 0 Å². The summed E-state index contributed by atoms with van der Waals surface area (Å²) < 4.78 is 5.53. The van der Waals surface area contributed by atoms with Crippen LogP contribution in [-0.2, 0) is 9.53 Å². The zero-order chi connectivity index (χ0) is 12.8. The molecule has 3 amide bonds. The molecule has 2 unspecified atom stereocenters. The van der Waals surface area contributed by atoms with Gasteiger partial charge >= 0.3 is 6.03 Å². The molecular formula is C10H21N3O3. The zero-order valence-electron chi connectivity index (χ0n) is 10.3. The lowest BCUT2D eigenvalue weighted by atomic mass is 10.0. The van der Waals surface area contributed by atoms with E-state index in [9.17, 15) is 9.59 Å². The normalized spacial score (nSPS) is 16.1. The lowest BCUT2D eigenvalue weighted by Gasteiger charge is -2.29. The van der Waals surface area contributed by atoms with E-state index >= 15 is 0 Å².